The topological polar surface area (TPSA) is 48.2 Å². The van der Waals surface area contributed by atoms with Gasteiger partial charge >= 0.3 is 0 Å². The Bertz CT molecular complexity index is 662. The highest BCUT2D eigenvalue weighted by molar-refractivity contribution is 7.80. The van der Waals surface area contributed by atoms with Crippen molar-refractivity contribution in [2.24, 2.45) is 11.8 Å². The number of methoxy groups -OCH3 is 1. The van der Waals surface area contributed by atoms with Crippen molar-refractivity contribution in [2.75, 3.05) is 7.11 Å². The van der Waals surface area contributed by atoms with Gasteiger partial charge in [0.15, 0.2) is 0 Å². The van der Waals surface area contributed by atoms with Crippen molar-refractivity contribution in [3.63, 3.8) is 0 Å². The summed E-state index contributed by atoms with van der Waals surface area (Å²) < 4.78 is 10.2. The van der Waals surface area contributed by atoms with Crippen molar-refractivity contribution in [3.8, 4) is 0 Å². The molecule has 1 aromatic carbocycles. The number of thiocarbonyl (C=S) groups is 1. The van der Waals surface area contributed by atoms with Gasteiger partial charge in [0, 0.05) is 12.0 Å². The Hall–Kier alpha value is -1.33. The minimum absolute atomic E-state index is 0.405. The third-order valence-corrected chi connectivity index (χ3v) is 5.76. The summed E-state index contributed by atoms with van der Waals surface area (Å²) in [5, 5.41) is 7.73. The second-order valence-corrected chi connectivity index (χ2v) is 7.13. The van der Waals surface area contributed by atoms with Crippen LogP contribution in [0.15, 0.2) is 22.8 Å². The maximum absolute atomic E-state index is 5.69. The number of nitrogens with zero attached hydrogens (tertiary/aromatic N) is 2. The Kier molecular flexibility index (Phi) is 5.38. The molecule has 0 N–H and O–H groups in total. The molecule has 3 rings (SSSR count). The van der Waals surface area contributed by atoms with Crippen LogP contribution in [0.1, 0.15) is 51.0 Å². The van der Waals surface area contributed by atoms with Crippen LogP contribution in [0.25, 0.3) is 11.0 Å². The molecule has 1 atom stereocenters. The molecular formula is C18H24N2O2S. The Morgan fingerprint density at radius 1 is 1.26 bits per heavy atom. The average Bonchev–Trinajstić information content (AvgIpc) is 3.07. The van der Waals surface area contributed by atoms with Crippen LogP contribution in [0.3, 0.4) is 0 Å². The molecule has 0 saturated heterocycles. The minimum atomic E-state index is 0.405. The largest absolute Gasteiger partial charge is 0.381 e. The summed E-state index contributed by atoms with van der Waals surface area (Å²) in [6.07, 6.45) is 7.86. The molecule has 1 aliphatic rings. The molecule has 1 heterocycles. The molecule has 2 aromatic rings. The first-order chi connectivity index (χ1) is 11.2. The second kappa shape index (κ2) is 7.49. The number of benzene rings is 1. The normalized spacial score (nSPS) is 23.0. The van der Waals surface area contributed by atoms with Gasteiger partial charge < -0.3 is 4.74 Å². The first-order valence-electron chi connectivity index (χ1n) is 8.46. The van der Waals surface area contributed by atoms with Gasteiger partial charge in [0.05, 0.1) is 6.10 Å². The molecule has 0 spiro atoms. The number of ether oxygens (including phenoxy) is 1. The SMILES string of the molecule is COC1CCC(CCC(C)C(=S)c2ccc3nonc3c2)CC1. The van der Waals surface area contributed by atoms with Gasteiger partial charge in [-0.1, -0.05) is 25.2 Å². The summed E-state index contributed by atoms with van der Waals surface area (Å²) >= 11 is 5.69. The zero-order valence-electron chi connectivity index (χ0n) is 13.8. The summed E-state index contributed by atoms with van der Waals surface area (Å²) in [5.41, 5.74) is 2.62. The Morgan fingerprint density at radius 2 is 2.00 bits per heavy atom. The molecule has 5 heteroatoms. The minimum Gasteiger partial charge on any atom is -0.381 e. The number of hydrogen-bond acceptors (Lipinski definition) is 5. The fourth-order valence-electron chi connectivity index (χ4n) is 3.49. The fraction of sp³-hybridized carbons (Fsp3) is 0.611. The number of fused-ring (bicyclic) bond motifs is 1. The zero-order chi connectivity index (χ0) is 16.2. The van der Waals surface area contributed by atoms with Crippen LogP contribution in [0.5, 0.6) is 0 Å². The summed E-state index contributed by atoms with van der Waals surface area (Å²) in [7, 11) is 1.83. The number of aromatic nitrogens is 2. The molecule has 1 fully saturated rings. The lowest BCUT2D eigenvalue weighted by Gasteiger charge is -2.28. The van der Waals surface area contributed by atoms with E-state index in [-0.39, 0.29) is 0 Å². The molecule has 1 saturated carbocycles. The highest BCUT2D eigenvalue weighted by Crippen LogP contribution is 2.31. The quantitative estimate of drug-likeness (QED) is 0.573. The van der Waals surface area contributed by atoms with E-state index in [1.165, 1.54) is 32.1 Å². The molecule has 1 aliphatic carbocycles. The lowest BCUT2D eigenvalue weighted by molar-refractivity contribution is 0.0550. The van der Waals surface area contributed by atoms with E-state index in [0.29, 0.717) is 12.0 Å². The van der Waals surface area contributed by atoms with Gasteiger partial charge in [-0.25, -0.2) is 4.63 Å². The lowest BCUT2D eigenvalue weighted by Crippen LogP contribution is -2.21. The first kappa shape index (κ1) is 16.5. The molecular weight excluding hydrogens is 308 g/mol. The van der Waals surface area contributed by atoms with Crippen LogP contribution >= 0.6 is 12.2 Å². The van der Waals surface area contributed by atoms with E-state index < -0.39 is 0 Å². The van der Waals surface area contributed by atoms with Gasteiger partial charge in [-0.2, -0.15) is 0 Å². The third-order valence-electron chi connectivity index (χ3n) is 5.12. The average molecular weight is 332 g/mol. The predicted molar refractivity (Wildman–Crippen MR) is 94.7 cm³/mol. The lowest BCUT2D eigenvalue weighted by atomic mass is 9.82. The van der Waals surface area contributed by atoms with Crippen LogP contribution in [0.2, 0.25) is 0 Å². The van der Waals surface area contributed by atoms with Crippen LogP contribution in [-0.2, 0) is 4.74 Å². The van der Waals surface area contributed by atoms with Gasteiger partial charge in [0.1, 0.15) is 11.0 Å². The predicted octanol–water partition coefficient (Wildman–Crippen LogP) is 4.56. The van der Waals surface area contributed by atoms with Gasteiger partial charge in [-0.15, -0.1) is 0 Å². The van der Waals surface area contributed by atoms with E-state index in [1.807, 2.05) is 25.3 Å². The molecule has 4 nitrogen and oxygen atoms in total. The zero-order valence-corrected chi connectivity index (χ0v) is 14.6. The Balaban J connectivity index is 1.53. The third kappa shape index (κ3) is 3.96. The van der Waals surface area contributed by atoms with E-state index in [4.69, 9.17) is 21.6 Å². The van der Waals surface area contributed by atoms with Crippen molar-refractivity contribution in [2.45, 2.75) is 51.6 Å². The monoisotopic (exact) mass is 332 g/mol. The van der Waals surface area contributed by atoms with Crippen LogP contribution < -0.4 is 0 Å². The van der Waals surface area contributed by atoms with Gasteiger partial charge in [-0.05, 0) is 78.4 Å². The van der Waals surface area contributed by atoms with E-state index in [2.05, 4.69) is 17.2 Å². The highest BCUT2D eigenvalue weighted by atomic mass is 32.1. The van der Waals surface area contributed by atoms with Crippen molar-refractivity contribution in [1.82, 2.24) is 10.3 Å². The van der Waals surface area contributed by atoms with Crippen molar-refractivity contribution in [3.05, 3.63) is 23.8 Å². The fourth-order valence-corrected chi connectivity index (χ4v) is 3.74. The smallest absolute Gasteiger partial charge is 0.135 e. The Labute approximate surface area is 142 Å². The van der Waals surface area contributed by atoms with Crippen molar-refractivity contribution in [1.29, 1.82) is 0 Å². The van der Waals surface area contributed by atoms with E-state index in [0.717, 1.165) is 33.8 Å². The molecule has 1 unspecified atom stereocenters. The van der Waals surface area contributed by atoms with Crippen LogP contribution in [0.4, 0.5) is 0 Å². The summed E-state index contributed by atoms with van der Waals surface area (Å²) in [6.45, 7) is 2.23. The maximum atomic E-state index is 5.69. The van der Waals surface area contributed by atoms with Crippen molar-refractivity contribution < 1.29 is 9.37 Å². The molecule has 1 aromatic heterocycles. The Morgan fingerprint density at radius 3 is 2.74 bits per heavy atom. The number of rotatable bonds is 6. The molecule has 124 valence electrons. The second-order valence-electron chi connectivity index (χ2n) is 6.69. The van der Waals surface area contributed by atoms with Crippen molar-refractivity contribution >= 4 is 28.1 Å². The number of hydrogen-bond donors (Lipinski definition) is 0. The van der Waals surface area contributed by atoms with E-state index in [9.17, 15) is 0 Å². The van der Waals surface area contributed by atoms with Gasteiger partial charge in [0.25, 0.3) is 0 Å². The van der Waals surface area contributed by atoms with E-state index in [1.54, 1.807) is 0 Å². The highest BCUT2D eigenvalue weighted by Gasteiger charge is 2.22. The molecule has 0 amide bonds. The summed E-state index contributed by atoms with van der Waals surface area (Å²) in [4.78, 5) is 1.01. The van der Waals surface area contributed by atoms with Crippen LogP contribution in [0, 0.1) is 11.8 Å². The molecule has 0 aliphatic heterocycles. The summed E-state index contributed by atoms with van der Waals surface area (Å²) in [6, 6.07) is 5.93. The standard InChI is InChI=1S/C18H24N2O2S/c1-12(3-4-13-5-8-15(21-2)9-6-13)18(23)14-7-10-16-17(11-14)20-22-19-16/h7,10-13,15H,3-6,8-9H2,1-2H3. The van der Waals surface area contributed by atoms with E-state index >= 15 is 0 Å². The van der Waals surface area contributed by atoms with Gasteiger partial charge in [-0.3, -0.25) is 0 Å². The van der Waals surface area contributed by atoms with Gasteiger partial charge in [0.2, 0.25) is 0 Å². The molecule has 23 heavy (non-hydrogen) atoms. The maximum Gasteiger partial charge on any atom is 0.135 e. The van der Waals surface area contributed by atoms with Crippen LogP contribution in [-0.4, -0.2) is 28.4 Å². The molecule has 0 radical (unpaired) electrons. The first-order valence-corrected chi connectivity index (χ1v) is 8.87. The summed E-state index contributed by atoms with van der Waals surface area (Å²) in [5.74, 6) is 1.23. The molecule has 0 bridgehead atoms.